The largest absolute Gasteiger partial charge is 0.459 e. The number of pyridine rings is 1. The van der Waals surface area contributed by atoms with E-state index in [9.17, 15) is 4.79 Å². The van der Waals surface area contributed by atoms with E-state index in [1.165, 1.54) is 12.8 Å². The third-order valence-corrected chi connectivity index (χ3v) is 4.52. The van der Waals surface area contributed by atoms with Crippen LogP contribution in [0.5, 0.6) is 5.75 Å². The number of nitrogens with two attached hydrogens (primary N) is 2. The van der Waals surface area contributed by atoms with E-state index in [1.54, 1.807) is 18.2 Å². The van der Waals surface area contributed by atoms with E-state index < -0.39 is 0 Å². The second-order valence-electron chi connectivity index (χ2n) is 6.98. The van der Waals surface area contributed by atoms with Gasteiger partial charge in [0.05, 0.1) is 6.54 Å². The van der Waals surface area contributed by atoms with Gasteiger partial charge in [-0.15, -0.1) is 10.2 Å². The van der Waals surface area contributed by atoms with E-state index in [-0.39, 0.29) is 24.7 Å². The van der Waals surface area contributed by atoms with E-state index in [0.29, 0.717) is 35.2 Å². The molecule has 1 aliphatic rings. The number of anilines is 2. The first kappa shape index (κ1) is 21.4. The lowest BCUT2D eigenvalue weighted by molar-refractivity contribution is -0.116. The van der Waals surface area contributed by atoms with Crippen molar-refractivity contribution in [3.05, 3.63) is 48.7 Å². The summed E-state index contributed by atoms with van der Waals surface area (Å²) in [4.78, 5) is 18.1. The zero-order valence-corrected chi connectivity index (χ0v) is 16.9. The van der Waals surface area contributed by atoms with Crippen molar-refractivity contribution in [2.24, 2.45) is 16.0 Å². The Balaban J connectivity index is 1.67. The van der Waals surface area contributed by atoms with Gasteiger partial charge in [-0.2, -0.15) is 0 Å². The van der Waals surface area contributed by atoms with Gasteiger partial charge < -0.3 is 21.5 Å². The summed E-state index contributed by atoms with van der Waals surface area (Å²) >= 11 is 0. The number of nitrogens with zero attached hydrogens (tertiary/aromatic N) is 4. The molecule has 2 aromatic rings. The number of nitrogens with one attached hydrogen (secondary N) is 1. The summed E-state index contributed by atoms with van der Waals surface area (Å²) in [7, 11) is 0. The fourth-order valence-corrected chi connectivity index (χ4v) is 3.07. The summed E-state index contributed by atoms with van der Waals surface area (Å²) in [6.07, 6.45) is 2.63. The van der Waals surface area contributed by atoms with E-state index >= 15 is 0 Å². The van der Waals surface area contributed by atoms with Gasteiger partial charge in [-0.05, 0) is 50.2 Å². The fourth-order valence-electron chi connectivity index (χ4n) is 3.07. The van der Waals surface area contributed by atoms with Crippen molar-refractivity contribution in [3.8, 4) is 5.75 Å². The average Bonchev–Trinajstić information content (AvgIpc) is 3.21. The fraction of sp³-hybridized carbons (Fsp3) is 0.333. The molecule has 0 bridgehead atoms. The van der Waals surface area contributed by atoms with Gasteiger partial charge in [0.1, 0.15) is 23.0 Å². The van der Waals surface area contributed by atoms with Gasteiger partial charge in [-0.25, -0.2) is 4.98 Å². The summed E-state index contributed by atoms with van der Waals surface area (Å²) < 4.78 is 5.92. The second-order valence-corrected chi connectivity index (χ2v) is 6.98. The van der Waals surface area contributed by atoms with Gasteiger partial charge in [0.15, 0.2) is 11.6 Å². The summed E-state index contributed by atoms with van der Waals surface area (Å²) in [5.41, 5.74) is 12.3. The quantitative estimate of drug-likeness (QED) is 0.430. The van der Waals surface area contributed by atoms with Crippen molar-refractivity contribution in [1.29, 1.82) is 0 Å². The van der Waals surface area contributed by atoms with E-state index in [2.05, 4.69) is 32.0 Å². The van der Waals surface area contributed by atoms with Gasteiger partial charge >= 0.3 is 0 Å². The average molecular weight is 409 g/mol. The Morgan fingerprint density at radius 3 is 2.63 bits per heavy atom. The van der Waals surface area contributed by atoms with Crippen LogP contribution < -0.4 is 21.5 Å². The molecule has 1 saturated heterocycles. The molecule has 0 radical (unpaired) electrons. The number of aromatic nitrogens is 1. The summed E-state index contributed by atoms with van der Waals surface area (Å²) in [6.45, 7) is 7.12. The molecule has 5 N–H and O–H groups in total. The molecular formula is C21H27N7O2. The number of rotatable bonds is 9. The molecule has 0 aliphatic carbocycles. The molecule has 0 atom stereocenters. The lowest BCUT2D eigenvalue weighted by Gasteiger charge is -2.17. The van der Waals surface area contributed by atoms with Crippen LogP contribution >= 0.6 is 0 Å². The SMILES string of the molecule is C=C(CN1CCCC1)Oc1ccccc1N=Nc1ccc(NC(=O)CCN)nc1N. The number of hydrogen-bond donors (Lipinski definition) is 3. The molecule has 1 aromatic carbocycles. The standard InChI is InChI=1S/C21H27N7O2/c1-15(14-28-12-4-5-13-28)30-18-7-3-2-6-16(18)26-27-17-8-9-19(25-21(17)23)24-20(29)10-11-22/h2-3,6-9H,1,4-5,10-14,22H2,(H3,23,24,25,29). The minimum atomic E-state index is -0.223. The highest BCUT2D eigenvalue weighted by Gasteiger charge is 2.14. The number of ether oxygens (including phenoxy) is 1. The van der Waals surface area contributed by atoms with Crippen LogP contribution in [0.15, 0.2) is 59.0 Å². The number of para-hydroxylation sites is 1. The third-order valence-electron chi connectivity index (χ3n) is 4.52. The monoisotopic (exact) mass is 409 g/mol. The number of benzene rings is 1. The van der Waals surface area contributed by atoms with Crippen molar-refractivity contribution in [2.75, 3.05) is 37.2 Å². The topological polar surface area (TPSA) is 131 Å². The molecule has 1 aromatic heterocycles. The molecule has 9 nitrogen and oxygen atoms in total. The molecule has 0 spiro atoms. The molecule has 1 aliphatic heterocycles. The van der Waals surface area contributed by atoms with Crippen molar-refractivity contribution >= 4 is 28.9 Å². The molecule has 158 valence electrons. The molecular weight excluding hydrogens is 382 g/mol. The molecule has 3 rings (SSSR count). The van der Waals surface area contributed by atoms with Crippen molar-refractivity contribution in [1.82, 2.24) is 9.88 Å². The maximum absolute atomic E-state index is 11.6. The Morgan fingerprint density at radius 2 is 1.90 bits per heavy atom. The third kappa shape index (κ3) is 6.10. The van der Waals surface area contributed by atoms with Crippen molar-refractivity contribution in [3.63, 3.8) is 0 Å². The number of carbonyl (C=O) groups excluding carboxylic acids is 1. The lowest BCUT2D eigenvalue weighted by Crippen LogP contribution is -2.23. The van der Waals surface area contributed by atoms with Crippen LogP contribution in [-0.4, -0.2) is 42.0 Å². The Labute approximate surface area is 175 Å². The van der Waals surface area contributed by atoms with Crippen LogP contribution in [0.3, 0.4) is 0 Å². The molecule has 0 unspecified atom stereocenters. The number of carbonyl (C=O) groups is 1. The van der Waals surface area contributed by atoms with Crippen LogP contribution in [0, 0.1) is 0 Å². The number of amides is 1. The molecule has 9 heteroatoms. The van der Waals surface area contributed by atoms with Gasteiger partial charge in [0, 0.05) is 13.0 Å². The van der Waals surface area contributed by atoms with Gasteiger partial charge in [0.25, 0.3) is 0 Å². The number of nitrogen functional groups attached to an aromatic ring is 1. The zero-order valence-electron chi connectivity index (χ0n) is 16.9. The first-order valence-electron chi connectivity index (χ1n) is 9.90. The normalized spacial score (nSPS) is 14.2. The van der Waals surface area contributed by atoms with Crippen LogP contribution in [0.25, 0.3) is 0 Å². The highest BCUT2D eigenvalue weighted by molar-refractivity contribution is 5.90. The molecule has 1 amide bonds. The second kappa shape index (κ2) is 10.5. The Hall–Kier alpha value is -3.30. The van der Waals surface area contributed by atoms with Crippen LogP contribution in [0.4, 0.5) is 23.0 Å². The van der Waals surface area contributed by atoms with E-state index in [4.69, 9.17) is 16.2 Å². The first-order chi connectivity index (χ1) is 14.5. The molecule has 30 heavy (non-hydrogen) atoms. The van der Waals surface area contributed by atoms with Gasteiger partial charge in [0.2, 0.25) is 5.91 Å². The minimum absolute atomic E-state index is 0.154. The van der Waals surface area contributed by atoms with Crippen molar-refractivity contribution in [2.45, 2.75) is 19.3 Å². The Kier molecular flexibility index (Phi) is 7.47. The van der Waals surface area contributed by atoms with Crippen LogP contribution in [-0.2, 0) is 4.79 Å². The summed E-state index contributed by atoms with van der Waals surface area (Å²) in [6, 6.07) is 10.6. The predicted molar refractivity (Wildman–Crippen MR) is 117 cm³/mol. The smallest absolute Gasteiger partial charge is 0.226 e. The van der Waals surface area contributed by atoms with Crippen molar-refractivity contribution < 1.29 is 9.53 Å². The van der Waals surface area contributed by atoms with E-state index in [0.717, 1.165) is 13.1 Å². The molecule has 2 heterocycles. The first-order valence-corrected chi connectivity index (χ1v) is 9.90. The number of azo groups is 1. The lowest BCUT2D eigenvalue weighted by atomic mass is 10.3. The number of likely N-dealkylation sites (tertiary alicyclic amines) is 1. The summed E-state index contributed by atoms with van der Waals surface area (Å²) in [5.74, 6) is 1.51. The summed E-state index contributed by atoms with van der Waals surface area (Å²) in [5, 5.41) is 11.1. The van der Waals surface area contributed by atoms with Crippen LogP contribution in [0.1, 0.15) is 19.3 Å². The van der Waals surface area contributed by atoms with Gasteiger partial charge in [-0.3, -0.25) is 9.69 Å². The number of hydrogen-bond acceptors (Lipinski definition) is 8. The molecule has 0 saturated carbocycles. The Morgan fingerprint density at radius 1 is 1.17 bits per heavy atom. The minimum Gasteiger partial charge on any atom is -0.459 e. The predicted octanol–water partition coefficient (Wildman–Crippen LogP) is 3.35. The maximum atomic E-state index is 11.6. The van der Waals surface area contributed by atoms with Crippen LogP contribution in [0.2, 0.25) is 0 Å². The van der Waals surface area contributed by atoms with E-state index in [1.807, 2.05) is 18.2 Å². The Bertz CT molecular complexity index is 923. The highest BCUT2D eigenvalue weighted by atomic mass is 16.5. The highest BCUT2D eigenvalue weighted by Crippen LogP contribution is 2.31. The zero-order chi connectivity index (χ0) is 21.3. The van der Waals surface area contributed by atoms with Gasteiger partial charge in [-0.1, -0.05) is 18.7 Å². The maximum Gasteiger partial charge on any atom is 0.226 e. The molecule has 1 fully saturated rings.